The van der Waals surface area contributed by atoms with Gasteiger partial charge in [-0.15, -0.1) is 0 Å². The number of nitrogens with zero attached hydrogens (tertiary/aromatic N) is 5. The van der Waals surface area contributed by atoms with E-state index in [4.69, 9.17) is 15.6 Å². The molecule has 0 amide bonds. The molecule has 1 spiro atoms. The zero-order valence-corrected chi connectivity index (χ0v) is 21.7. The van der Waals surface area contributed by atoms with Crippen LogP contribution in [-0.2, 0) is 0 Å². The van der Waals surface area contributed by atoms with Crippen molar-refractivity contribution in [3.05, 3.63) is 60.9 Å². The minimum absolute atomic E-state index is 0.324. The van der Waals surface area contributed by atoms with E-state index in [1.54, 1.807) is 6.33 Å². The van der Waals surface area contributed by atoms with Crippen LogP contribution in [-0.4, -0.2) is 56.9 Å². The topological polar surface area (TPSA) is 94.1 Å². The molecule has 38 heavy (non-hydrogen) atoms. The normalized spacial score (nSPS) is 23.4. The van der Waals surface area contributed by atoms with Crippen molar-refractivity contribution in [2.75, 3.05) is 31.9 Å². The van der Waals surface area contributed by atoms with E-state index in [0.717, 1.165) is 46.6 Å². The summed E-state index contributed by atoms with van der Waals surface area (Å²) in [7, 11) is 0. The van der Waals surface area contributed by atoms with Gasteiger partial charge in [0, 0.05) is 24.7 Å². The van der Waals surface area contributed by atoms with Crippen LogP contribution in [0.3, 0.4) is 0 Å². The molecule has 196 valence electrons. The molecule has 2 aromatic carbocycles. The van der Waals surface area contributed by atoms with E-state index in [0.29, 0.717) is 23.3 Å². The number of anilines is 1. The molecular weight excluding hydrogens is 474 g/mol. The van der Waals surface area contributed by atoms with E-state index in [-0.39, 0.29) is 0 Å². The number of nitrogens with one attached hydrogen (secondary N) is 1. The summed E-state index contributed by atoms with van der Waals surface area (Å²) in [5.41, 5.74) is 9.64. The summed E-state index contributed by atoms with van der Waals surface area (Å²) in [5, 5.41) is 9.42. The first-order valence-electron chi connectivity index (χ1n) is 13.9. The molecule has 0 unspecified atom stereocenters. The molecule has 4 heterocycles. The van der Waals surface area contributed by atoms with E-state index in [1.807, 2.05) is 54.6 Å². The summed E-state index contributed by atoms with van der Waals surface area (Å²) < 4.78 is 8.10. The SMILES string of the molecule is Nc1ncnc2c1c(-c1ccc(Oc3ccccc3)cc1)nn2C1CCC(N2CCC3(CC2)CNC3)CC1. The highest BCUT2D eigenvalue weighted by atomic mass is 16.5. The van der Waals surface area contributed by atoms with Crippen LogP contribution in [0.25, 0.3) is 22.3 Å². The van der Waals surface area contributed by atoms with Crippen LogP contribution in [0, 0.1) is 5.41 Å². The quantitative estimate of drug-likeness (QED) is 0.389. The van der Waals surface area contributed by atoms with Crippen molar-refractivity contribution in [3.63, 3.8) is 0 Å². The Hall–Kier alpha value is -3.49. The molecule has 2 aliphatic heterocycles. The van der Waals surface area contributed by atoms with Gasteiger partial charge in [-0.05, 0) is 93.4 Å². The van der Waals surface area contributed by atoms with Crippen molar-refractivity contribution < 1.29 is 4.74 Å². The summed E-state index contributed by atoms with van der Waals surface area (Å²) in [4.78, 5) is 11.7. The number of para-hydroxylation sites is 1. The highest BCUT2D eigenvalue weighted by Crippen LogP contribution is 2.40. The second-order valence-electron chi connectivity index (χ2n) is 11.3. The number of fused-ring (bicyclic) bond motifs is 1. The molecule has 7 rings (SSSR count). The Balaban J connectivity index is 1.09. The van der Waals surface area contributed by atoms with Gasteiger partial charge in [-0.2, -0.15) is 5.10 Å². The minimum atomic E-state index is 0.324. The summed E-state index contributed by atoms with van der Waals surface area (Å²) >= 11 is 0. The van der Waals surface area contributed by atoms with Crippen LogP contribution in [0.1, 0.15) is 44.6 Å². The second kappa shape index (κ2) is 9.67. The molecule has 3 fully saturated rings. The number of rotatable bonds is 5. The largest absolute Gasteiger partial charge is 0.457 e. The lowest BCUT2D eigenvalue weighted by Gasteiger charge is -2.50. The smallest absolute Gasteiger partial charge is 0.164 e. The van der Waals surface area contributed by atoms with Crippen molar-refractivity contribution in [2.45, 2.75) is 50.6 Å². The summed E-state index contributed by atoms with van der Waals surface area (Å²) in [5.74, 6) is 2.07. The monoisotopic (exact) mass is 509 g/mol. The van der Waals surface area contributed by atoms with Crippen molar-refractivity contribution in [3.8, 4) is 22.8 Å². The maximum atomic E-state index is 6.39. The highest BCUT2D eigenvalue weighted by molar-refractivity contribution is 5.98. The van der Waals surface area contributed by atoms with Crippen LogP contribution in [0.15, 0.2) is 60.9 Å². The van der Waals surface area contributed by atoms with Crippen molar-refractivity contribution in [1.29, 1.82) is 0 Å². The average Bonchev–Trinajstić information content (AvgIpc) is 3.34. The molecule has 0 bridgehead atoms. The van der Waals surface area contributed by atoms with Crippen LogP contribution >= 0.6 is 0 Å². The molecule has 3 aliphatic rings. The highest BCUT2D eigenvalue weighted by Gasteiger charge is 2.41. The van der Waals surface area contributed by atoms with Gasteiger partial charge in [-0.3, -0.25) is 0 Å². The molecule has 0 atom stereocenters. The van der Waals surface area contributed by atoms with Crippen LogP contribution in [0.4, 0.5) is 5.82 Å². The third kappa shape index (κ3) is 4.31. The molecule has 3 N–H and O–H groups in total. The predicted octanol–water partition coefficient (Wildman–Crippen LogP) is 5.04. The van der Waals surface area contributed by atoms with E-state index in [9.17, 15) is 0 Å². The van der Waals surface area contributed by atoms with E-state index in [1.165, 1.54) is 51.9 Å². The molecule has 1 aliphatic carbocycles. The Morgan fingerprint density at radius 3 is 2.21 bits per heavy atom. The number of likely N-dealkylation sites (tertiary alicyclic amines) is 1. The van der Waals surface area contributed by atoms with Gasteiger partial charge in [0.05, 0.1) is 11.4 Å². The number of hydrogen-bond acceptors (Lipinski definition) is 7. The fourth-order valence-corrected chi connectivity index (χ4v) is 6.62. The van der Waals surface area contributed by atoms with Crippen molar-refractivity contribution in [2.24, 2.45) is 5.41 Å². The fraction of sp³-hybridized carbons (Fsp3) is 0.433. The van der Waals surface area contributed by atoms with Gasteiger partial charge in [0.2, 0.25) is 0 Å². The second-order valence-corrected chi connectivity index (χ2v) is 11.3. The summed E-state index contributed by atoms with van der Waals surface area (Å²) in [6, 6.07) is 18.8. The van der Waals surface area contributed by atoms with Gasteiger partial charge in [0.1, 0.15) is 29.3 Å². The standard InChI is InChI=1S/C30H35N7O/c31-28-26-27(21-6-12-25(13-7-21)38-24-4-2-1-3-5-24)35-37(29(26)34-20-33-28)23-10-8-22(9-11-23)36-16-14-30(15-17-36)18-32-19-30/h1-7,12-13,20,22-23,32H,8-11,14-19H2,(H2,31,33,34). The number of piperidine rings is 1. The van der Waals surface area contributed by atoms with E-state index in [2.05, 4.69) is 24.9 Å². The lowest BCUT2D eigenvalue weighted by Crippen LogP contribution is -2.59. The number of nitrogen functional groups attached to an aromatic ring is 1. The van der Waals surface area contributed by atoms with Gasteiger partial charge in [-0.25, -0.2) is 14.6 Å². The van der Waals surface area contributed by atoms with Gasteiger partial charge >= 0.3 is 0 Å². The molecule has 2 aromatic heterocycles. The van der Waals surface area contributed by atoms with Crippen molar-refractivity contribution in [1.82, 2.24) is 30.0 Å². The Labute approximate surface area is 223 Å². The maximum Gasteiger partial charge on any atom is 0.164 e. The lowest BCUT2D eigenvalue weighted by molar-refractivity contribution is 0.0222. The number of ether oxygens (including phenoxy) is 1. The van der Waals surface area contributed by atoms with Crippen LogP contribution in [0.2, 0.25) is 0 Å². The third-order valence-corrected chi connectivity index (χ3v) is 9.01. The third-order valence-electron chi connectivity index (χ3n) is 9.01. The summed E-state index contributed by atoms with van der Waals surface area (Å²) in [6.45, 7) is 4.94. The summed E-state index contributed by atoms with van der Waals surface area (Å²) in [6.07, 6.45) is 8.88. The zero-order chi connectivity index (χ0) is 25.5. The van der Waals surface area contributed by atoms with E-state index >= 15 is 0 Å². The molecular formula is C30H35N7O. The van der Waals surface area contributed by atoms with Gasteiger partial charge in [-0.1, -0.05) is 18.2 Å². The lowest BCUT2D eigenvalue weighted by atomic mass is 9.73. The Kier molecular flexibility index (Phi) is 6.01. The first-order chi connectivity index (χ1) is 18.7. The van der Waals surface area contributed by atoms with Crippen LogP contribution in [0.5, 0.6) is 11.5 Å². The Morgan fingerprint density at radius 1 is 0.842 bits per heavy atom. The number of hydrogen-bond donors (Lipinski definition) is 2. The zero-order valence-electron chi connectivity index (χ0n) is 21.7. The molecule has 8 nitrogen and oxygen atoms in total. The fourth-order valence-electron chi connectivity index (χ4n) is 6.62. The molecule has 2 saturated heterocycles. The molecule has 8 heteroatoms. The van der Waals surface area contributed by atoms with Gasteiger partial charge in [0.25, 0.3) is 0 Å². The van der Waals surface area contributed by atoms with Crippen molar-refractivity contribution >= 4 is 16.9 Å². The Bertz CT molecular complexity index is 1400. The maximum absolute atomic E-state index is 6.39. The number of aromatic nitrogens is 4. The minimum Gasteiger partial charge on any atom is -0.457 e. The van der Waals surface area contributed by atoms with Gasteiger partial charge in [0.15, 0.2) is 5.65 Å². The first kappa shape index (κ1) is 23.6. The molecule has 4 aromatic rings. The predicted molar refractivity (Wildman–Crippen MR) is 149 cm³/mol. The number of nitrogens with two attached hydrogens (primary N) is 1. The Morgan fingerprint density at radius 2 is 1.53 bits per heavy atom. The number of benzene rings is 2. The van der Waals surface area contributed by atoms with E-state index < -0.39 is 0 Å². The first-order valence-corrected chi connectivity index (χ1v) is 13.9. The van der Waals surface area contributed by atoms with Crippen LogP contribution < -0.4 is 15.8 Å². The average molecular weight is 510 g/mol. The van der Waals surface area contributed by atoms with Gasteiger partial charge < -0.3 is 20.7 Å². The molecule has 1 saturated carbocycles. The molecule has 0 radical (unpaired) electrons.